The molecule has 1 aliphatic rings. The zero-order chi connectivity index (χ0) is 12.3. The largest absolute Gasteiger partial charge is 0.457 e. The van der Waals surface area contributed by atoms with Gasteiger partial charge in [0.1, 0.15) is 0 Å². The van der Waals surface area contributed by atoms with Gasteiger partial charge in [0, 0.05) is 23.0 Å². The van der Waals surface area contributed by atoms with Crippen LogP contribution in [-0.4, -0.2) is 30.3 Å². The minimum atomic E-state index is -3.20. The second kappa shape index (κ2) is 2.48. The van der Waals surface area contributed by atoms with Crippen molar-refractivity contribution in [1.82, 2.24) is 0 Å². The summed E-state index contributed by atoms with van der Waals surface area (Å²) in [5, 5.41) is 17.7. The van der Waals surface area contributed by atoms with Crippen LogP contribution < -0.4 is 0 Å². The van der Waals surface area contributed by atoms with Crippen LogP contribution in [0.5, 0.6) is 0 Å². The van der Waals surface area contributed by atoms with Crippen LogP contribution in [0.25, 0.3) is 0 Å². The highest BCUT2D eigenvalue weighted by Gasteiger charge is 2.26. The smallest absolute Gasteiger partial charge is 0.427 e. The lowest BCUT2D eigenvalue weighted by atomic mass is 9.73. The van der Waals surface area contributed by atoms with Crippen molar-refractivity contribution in [2.24, 2.45) is 0 Å². The van der Waals surface area contributed by atoms with Crippen molar-refractivity contribution >= 4 is 7.12 Å². The SMILES string of the molecule is [2H]C1([2H])OC([2H])([2H])C([2H])(B(O)O)C1([2H])[2H]. The van der Waals surface area contributed by atoms with Crippen molar-refractivity contribution in [2.45, 2.75) is 12.2 Å². The fourth-order valence-electron chi connectivity index (χ4n) is 0.304. The molecule has 0 aromatic rings. The van der Waals surface area contributed by atoms with E-state index in [9.17, 15) is 0 Å². The summed E-state index contributed by atoms with van der Waals surface area (Å²) in [6, 6.07) is 0. The van der Waals surface area contributed by atoms with E-state index in [-0.39, 0.29) is 0 Å². The third kappa shape index (κ3) is 1.21. The molecule has 0 aromatic carbocycles. The van der Waals surface area contributed by atoms with Gasteiger partial charge in [-0.1, -0.05) is 0 Å². The average Bonchev–Trinajstić information content (AvgIpc) is 2.06. The summed E-state index contributed by atoms with van der Waals surface area (Å²) in [6.45, 7) is -6.25. The van der Waals surface area contributed by atoms with Gasteiger partial charge in [-0.2, -0.15) is 0 Å². The van der Waals surface area contributed by atoms with Crippen molar-refractivity contribution < 1.29 is 24.4 Å². The fraction of sp³-hybridized carbons (Fsp3) is 1.00. The third-order valence-corrected chi connectivity index (χ3v) is 0.656. The van der Waals surface area contributed by atoms with Crippen LogP contribution in [0, 0.1) is 0 Å². The van der Waals surface area contributed by atoms with Crippen LogP contribution in [0.2, 0.25) is 5.79 Å². The monoisotopic (exact) mass is 123 g/mol. The first kappa shape index (κ1) is 1.72. The van der Waals surface area contributed by atoms with Crippen molar-refractivity contribution in [1.29, 1.82) is 0 Å². The Morgan fingerprint density at radius 2 is 2.62 bits per heavy atom. The Bertz CT molecular complexity index is 281. The summed E-state index contributed by atoms with van der Waals surface area (Å²) in [6.07, 6.45) is -3.20. The van der Waals surface area contributed by atoms with Crippen LogP contribution in [0.15, 0.2) is 0 Å². The van der Waals surface area contributed by atoms with Crippen LogP contribution in [0.3, 0.4) is 0 Å². The zero-order valence-corrected chi connectivity index (χ0v) is 3.88. The summed E-state index contributed by atoms with van der Waals surface area (Å²) in [5.74, 6) is -3.15. The van der Waals surface area contributed by atoms with E-state index in [4.69, 9.17) is 19.6 Å². The molecule has 1 unspecified atom stereocenters. The molecule has 4 heteroatoms. The normalized spacial score (nSPS) is 69.5. The van der Waals surface area contributed by atoms with Gasteiger partial charge in [0.2, 0.25) is 0 Å². The van der Waals surface area contributed by atoms with Gasteiger partial charge < -0.3 is 14.8 Å². The maximum atomic E-state index is 8.86. The number of ether oxygens (including phenoxy) is 1. The maximum absolute atomic E-state index is 8.86. The summed E-state index contributed by atoms with van der Waals surface area (Å²) >= 11 is 0. The van der Waals surface area contributed by atoms with Gasteiger partial charge in [-0.15, -0.1) is 0 Å². The average molecular weight is 123 g/mol. The molecule has 0 aliphatic carbocycles. The Kier molecular flexibility index (Phi) is 0.532. The molecule has 1 aliphatic heterocycles. The lowest BCUT2D eigenvalue weighted by molar-refractivity contribution is 0.194. The van der Waals surface area contributed by atoms with E-state index in [0.29, 0.717) is 0 Å². The molecule has 3 nitrogen and oxygen atoms in total. The molecular weight excluding hydrogens is 107 g/mol. The quantitative estimate of drug-likeness (QED) is 0.451. The molecule has 8 heavy (non-hydrogen) atoms. The third-order valence-electron chi connectivity index (χ3n) is 0.656. The molecular formula is C4H9BO3. The summed E-state index contributed by atoms with van der Waals surface area (Å²) in [5.41, 5.74) is 0. The first-order valence-corrected chi connectivity index (χ1v) is 1.96. The van der Waals surface area contributed by atoms with E-state index < -0.39 is 32.4 Å². The van der Waals surface area contributed by atoms with E-state index in [1.165, 1.54) is 0 Å². The standard InChI is InChI=1S/C4H9BO3/c6-5(7)4-1-2-8-3-4/h4,6-7H,1-3H2/i1D2,2D2,3D2,4D. The van der Waals surface area contributed by atoms with Gasteiger partial charge in [0.15, 0.2) is 0 Å². The molecule has 2 N–H and O–H groups in total. The van der Waals surface area contributed by atoms with Crippen molar-refractivity contribution in [2.75, 3.05) is 13.1 Å². The van der Waals surface area contributed by atoms with Gasteiger partial charge >= 0.3 is 7.12 Å². The Morgan fingerprint density at radius 3 is 2.88 bits per heavy atom. The second-order valence-electron chi connectivity index (χ2n) is 1.22. The molecule has 0 aromatic heterocycles. The maximum Gasteiger partial charge on any atom is 0.457 e. The van der Waals surface area contributed by atoms with E-state index >= 15 is 0 Å². The topological polar surface area (TPSA) is 49.7 Å². The second-order valence-corrected chi connectivity index (χ2v) is 1.22. The van der Waals surface area contributed by atoms with Crippen LogP contribution in [-0.2, 0) is 4.74 Å². The molecule has 0 amide bonds. The first-order valence-electron chi connectivity index (χ1n) is 5.46. The minimum absolute atomic E-state index is 2.71. The van der Waals surface area contributed by atoms with Crippen molar-refractivity contribution in [3.05, 3.63) is 0 Å². The molecule has 0 radical (unpaired) electrons. The summed E-state index contributed by atoms with van der Waals surface area (Å²) in [4.78, 5) is 0. The Balaban J connectivity index is 3.37. The lowest BCUT2D eigenvalue weighted by Gasteiger charge is -2.01. The molecule has 0 spiro atoms. The molecule has 1 rings (SSSR count). The van der Waals surface area contributed by atoms with Gasteiger partial charge in [-0.05, 0) is 6.37 Å². The predicted octanol–water partition coefficient (Wildman–Crippen LogP) is -0.750. The highest BCUT2D eigenvalue weighted by Crippen LogP contribution is 2.18. The van der Waals surface area contributed by atoms with Crippen LogP contribution in [0.4, 0.5) is 0 Å². The molecule has 1 saturated heterocycles. The highest BCUT2D eigenvalue weighted by atomic mass is 16.5. The lowest BCUT2D eigenvalue weighted by Crippen LogP contribution is -2.19. The number of rotatable bonds is 1. The molecule has 0 bridgehead atoms. The number of hydrogen-bond acceptors (Lipinski definition) is 3. The van der Waals surface area contributed by atoms with E-state index in [1.54, 1.807) is 0 Å². The molecule has 46 valence electrons. The first-order chi connectivity index (χ1) is 6.40. The van der Waals surface area contributed by atoms with E-state index in [1.807, 2.05) is 0 Å². The molecule has 1 atom stereocenters. The van der Waals surface area contributed by atoms with E-state index in [0.717, 1.165) is 0 Å². The van der Waals surface area contributed by atoms with E-state index in [2.05, 4.69) is 4.74 Å². The predicted molar refractivity (Wildman–Crippen MR) is 29.4 cm³/mol. The van der Waals surface area contributed by atoms with Gasteiger partial charge in [0.05, 0.1) is 5.48 Å². The van der Waals surface area contributed by atoms with Gasteiger partial charge in [-0.25, -0.2) is 0 Å². The van der Waals surface area contributed by atoms with Gasteiger partial charge in [0.25, 0.3) is 0 Å². The Labute approximate surface area is 58.3 Å². The van der Waals surface area contributed by atoms with Crippen LogP contribution >= 0.6 is 0 Å². The van der Waals surface area contributed by atoms with Gasteiger partial charge in [-0.3, -0.25) is 0 Å². The highest BCUT2D eigenvalue weighted by molar-refractivity contribution is 6.43. The summed E-state index contributed by atoms with van der Waals surface area (Å²) in [7, 11) is -2.71. The molecule has 1 fully saturated rings. The Morgan fingerprint density at radius 1 is 1.88 bits per heavy atom. The van der Waals surface area contributed by atoms with Crippen LogP contribution in [0.1, 0.15) is 16.0 Å². The fourth-order valence-corrected chi connectivity index (χ4v) is 0.304. The molecule has 1 heterocycles. The minimum Gasteiger partial charge on any atom is -0.427 e. The number of hydrogen-bond donors (Lipinski definition) is 2. The van der Waals surface area contributed by atoms with Crippen molar-refractivity contribution in [3.63, 3.8) is 0 Å². The zero-order valence-electron chi connectivity index (χ0n) is 10.9. The Hall–Kier alpha value is -0.0551. The van der Waals surface area contributed by atoms with Crippen molar-refractivity contribution in [3.8, 4) is 0 Å². The summed E-state index contributed by atoms with van der Waals surface area (Å²) < 4.78 is 54.4. The molecule has 0 saturated carbocycles.